The summed E-state index contributed by atoms with van der Waals surface area (Å²) in [5, 5.41) is 61.8. The second-order valence-corrected chi connectivity index (χ2v) is 15.6. The summed E-state index contributed by atoms with van der Waals surface area (Å²) < 4.78 is 58.9. The highest BCUT2D eigenvalue weighted by Gasteiger charge is 2.62. The van der Waals surface area contributed by atoms with E-state index < -0.39 is 169 Å². The lowest BCUT2D eigenvalue weighted by Crippen LogP contribution is -2.56. The van der Waals surface area contributed by atoms with Gasteiger partial charge in [-0.3, -0.25) is 33.6 Å². The van der Waals surface area contributed by atoms with E-state index in [1.54, 1.807) is 10.6 Å². The molecule has 13 N–H and O–H groups in total. The normalized spacial score (nSPS) is 17.8. The van der Waals surface area contributed by atoms with Crippen molar-refractivity contribution in [2.45, 2.75) is 55.5 Å². The van der Waals surface area contributed by atoms with Crippen molar-refractivity contribution < 1.29 is 100 Å². The molecule has 1 aliphatic heterocycles. The van der Waals surface area contributed by atoms with Gasteiger partial charge in [0.1, 0.15) is 41.4 Å². The largest absolute Gasteiger partial charge is 0.501 e. The highest BCUT2D eigenvalue weighted by molar-refractivity contribution is 7.95. The standard InChI is InChI=1S/C26H36N6O21S2/c1-32(25(47)48)20(39)13(31-15(34)5-3-11(28)22(42)43)8-55(51,52)18-17(37)23(44)53-26(18,24(45)46)9-54(49,50)7-12(19(38)29-6-16(35)36)30-14(33)4-2-10(27)21(40)41/h10-13,37H,2-9,27-28H2,1H3,(H,29,38)(H,30,33)(H,31,34)(H,35,36)(H,40,41)(H,42,43)(H,45,46)(H,47,48). The lowest BCUT2D eigenvalue weighted by Gasteiger charge is -2.28. The number of likely N-dealkylation sites (N-methyl/N-ethyl adjacent to an activating group) is 1. The Morgan fingerprint density at radius 1 is 0.800 bits per heavy atom. The van der Waals surface area contributed by atoms with Gasteiger partial charge < -0.3 is 62.8 Å². The first-order chi connectivity index (χ1) is 25.1. The molecule has 0 saturated heterocycles. The average molecular weight is 833 g/mol. The van der Waals surface area contributed by atoms with Gasteiger partial charge in [-0.1, -0.05) is 0 Å². The van der Waals surface area contributed by atoms with Crippen molar-refractivity contribution in [2.75, 3.05) is 30.9 Å². The van der Waals surface area contributed by atoms with Gasteiger partial charge in [0.15, 0.2) is 19.7 Å². The molecule has 0 aliphatic carbocycles. The van der Waals surface area contributed by atoms with Crippen molar-refractivity contribution in [3.63, 3.8) is 0 Å². The molecule has 5 amide bonds. The molecule has 5 unspecified atom stereocenters. The molecule has 5 atom stereocenters. The maximum Gasteiger partial charge on any atom is 0.413 e. The number of rotatable bonds is 22. The lowest BCUT2D eigenvalue weighted by atomic mass is 10.1. The van der Waals surface area contributed by atoms with E-state index in [1.165, 1.54) is 0 Å². The third-order valence-electron chi connectivity index (χ3n) is 7.24. The topological polar surface area (TPSA) is 461 Å². The van der Waals surface area contributed by atoms with Crippen molar-refractivity contribution in [3.8, 4) is 0 Å². The van der Waals surface area contributed by atoms with Crippen LogP contribution in [0, 0.1) is 0 Å². The first-order valence-corrected chi connectivity index (χ1v) is 18.4. The monoisotopic (exact) mass is 832 g/mol. The summed E-state index contributed by atoms with van der Waals surface area (Å²) in [6.45, 7) is -1.16. The summed E-state index contributed by atoms with van der Waals surface area (Å²) in [7, 11) is -10.6. The number of aliphatic carboxylic acids is 4. The maximum atomic E-state index is 13.7. The fourth-order valence-corrected chi connectivity index (χ4v) is 8.29. The number of amides is 5. The Morgan fingerprint density at radius 3 is 1.69 bits per heavy atom. The fraction of sp³-hybridized carbons (Fsp3) is 0.538. The molecule has 1 rings (SSSR count). The van der Waals surface area contributed by atoms with Crippen LogP contribution in [0.1, 0.15) is 25.7 Å². The number of aliphatic hydroxyl groups is 1. The molecule has 0 spiro atoms. The number of aliphatic hydroxyl groups excluding tert-OH is 1. The predicted molar refractivity (Wildman–Crippen MR) is 174 cm³/mol. The zero-order valence-electron chi connectivity index (χ0n) is 28.2. The van der Waals surface area contributed by atoms with Crippen LogP contribution in [-0.4, -0.2) is 173 Å². The minimum absolute atomic E-state index is 0.151. The first kappa shape index (κ1) is 47.1. The fourth-order valence-electron chi connectivity index (χ4n) is 4.48. The molecule has 0 aromatic heterocycles. The van der Waals surface area contributed by atoms with Crippen molar-refractivity contribution in [3.05, 3.63) is 10.7 Å². The number of nitrogens with one attached hydrogen (secondary N) is 3. The van der Waals surface area contributed by atoms with Gasteiger partial charge in [0.05, 0.1) is 11.5 Å². The zero-order chi connectivity index (χ0) is 42.8. The van der Waals surface area contributed by atoms with Crippen molar-refractivity contribution in [2.24, 2.45) is 11.5 Å². The van der Waals surface area contributed by atoms with Crippen LogP contribution in [0.2, 0.25) is 0 Å². The summed E-state index contributed by atoms with van der Waals surface area (Å²) >= 11 is 0. The molecule has 0 fully saturated rings. The Labute approximate surface area is 308 Å². The number of carbonyl (C=O) groups is 10. The SMILES string of the molecule is CN(C(=O)O)C(=O)C(CS(=O)(=O)C1=C(O)C(=O)OC1(CS(=O)(=O)CC(NC(=O)CCC(N)C(=O)O)C(=O)NCC(=O)O)C(=O)O)NC(=O)CCC(N)C(=O)O. The molecule has 0 aromatic carbocycles. The second-order valence-electron chi connectivity index (χ2n) is 11.5. The van der Waals surface area contributed by atoms with E-state index in [0.717, 1.165) is 0 Å². The highest BCUT2D eigenvalue weighted by atomic mass is 32.2. The van der Waals surface area contributed by atoms with E-state index in [-0.39, 0.29) is 4.90 Å². The highest BCUT2D eigenvalue weighted by Crippen LogP contribution is 2.38. The van der Waals surface area contributed by atoms with Gasteiger partial charge in [0.25, 0.3) is 11.5 Å². The number of hydrogen-bond acceptors (Lipinski definition) is 18. The Morgan fingerprint density at radius 2 is 1.27 bits per heavy atom. The molecule has 55 heavy (non-hydrogen) atoms. The number of nitrogens with zero attached hydrogens (tertiary/aromatic N) is 1. The zero-order valence-corrected chi connectivity index (χ0v) is 29.8. The van der Waals surface area contributed by atoms with Gasteiger partial charge in [-0.05, 0) is 12.8 Å². The molecular weight excluding hydrogens is 796 g/mol. The summed E-state index contributed by atoms with van der Waals surface area (Å²) in [6, 6.07) is -8.09. The van der Waals surface area contributed by atoms with E-state index in [2.05, 4.69) is 4.74 Å². The molecule has 27 nitrogen and oxygen atoms in total. The molecule has 1 heterocycles. The van der Waals surface area contributed by atoms with Gasteiger partial charge >= 0.3 is 35.9 Å². The summed E-state index contributed by atoms with van der Waals surface area (Å²) in [5.74, 6) is -23.2. The number of carbonyl (C=O) groups excluding carboxylic acids is 5. The average Bonchev–Trinajstić information content (AvgIpc) is 3.32. The molecule has 0 aromatic rings. The smallest absolute Gasteiger partial charge is 0.413 e. The lowest BCUT2D eigenvalue weighted by molar-refractivity contribution is -0.165. The minimum Gasteiger partial charge on any atom is -0.501 e. The number of hydrogen-bond donors (Lipinski definition) is 11. The van der Waals surface area contributed by atoms with Crippen LogP contribution in [0.3, 0.4) is 0 Å². The Kier molecular flexibility index (Phi) is 16.2. The first-order valence-electron chi connectivity index (χ1n) is 15.0. The number of imide groups is 1. The van der Waals surface area contributed by atoms with E-state index in [0.29, 0.717) is 7.05 Å². The van der Waals surface area contributed by atoms with Crippen LogP contribution in [0.5, 0.6) is 0 Å². The van der Waals surface area contributed by atoms with Crippen LogP contribution < -0.4 is 27.4 Å². The van der Waals surface area contributed by atoms with Gasteiger partial charge in [0.2, 0.25) is 23.5 Å². The van der Waals surface area contributed by atoms with E-state index in [4.69, 9.17) is 26.8 Å². The van der Waals surface area contributed by atoms with Crippen molar-refractivity contribution >= 4 is 79.2 Å². The Hall–Kier alpha value is -5.94. The number of sulfone groups is 2. The quantitative estimate of drug-likeness (QED) is 0.0452. The van der Waals surface area contributed by atoms with Crippen LogP contribution in [-0.2, 0) is 67.6 Å². The van der Waals surface area contributed by atoms with Crippen molar-refractivity contribution in [1.82, 2.24) is 20.9 Å². The van der Waals surface area contributed by atoms with Gasteiger partial charge in [-0.15, -0.1) is 0 Å². The molecular formula is C26H36N6O21S2. The second kappa shape index (κ2) is 18.9. The third kappa shape index (κ3) is 13.1. The van der Waals surface area contributed by atoms with Crippen LogP contribution in [0.15, 0.2) is 10.7 Å². The van der Waals surface area contributed by atoms with Crippen LogP contribution in [0.4, 0.5) is 4.79 Å². The molecule has 308 valence electrons. The summed E-state index contributed by atoms with van der Waals surface area (Å²) in [5.41, 5.74) is 6.64. The van der Waals surface area contributed by atoms with Crippen LogP contribution in [0.25, 0.3) is 0 Å². The number of nitrogens with two attached hydrogens (primary N) is 2. The molecule has 29 heteroatoms. The molecule has 0 radical (unpaired) electrons. The van der Waals surface area contributed by atoms with Gasteiger partial charge in [-0.25, -0.2) is 36.1 Å². The van der Waals surface area contributed by atoms with Crippen LogP contribution >= 0.6 is 0 Å². The Balaban J connectivity index is 3.67. The maximum absolute atomic E-state index is 13.7. The Bertz CT molecular complexity index is 1880. The van der Waals surface area contributed by atoms with E-state index in [9.17, 15) is 80.1 Å². The summed E-state index contributed by atoms with van der Waals surface area (Å²) in [4.78, 5) is 118. The number of carboxylic acids is 4. The number of carboxylic acid groups (broad SMARTS) is 5. The molecule has 1 aliphatic rings. The van der Waals surface area contributed by atoms with Gasteiger partial charge in [0, 0.05) is 19.9 Å². The van der Waals surface area contributed by atoms with Gasteiger partial charge in [-0.2, -0.15) is 0 Å². The molecule has 0 bridgehead atoms. The summed E-state index contributed by atoms with van der Waals surface area (Å²) in [6.07, 6.45) is -4.77. The van der Waals surface area contributed by atoms with E-state index in [1.807, 2.05) is 5.32 Å². The molecule has 0 saturated carbocycles. The third-order valence-corrected chi connectivity index (χ3v) is 10.8. The number of esters is 1. The van der Waals surface area contributed by atoms with E-state index >= 15 is 0 Å². The number of cyclic esters (lactones) is 1. The van der Waals surface area contributed by atoms with Crippen molar-refractivity contribution in [1.29, 1.82) is 0 Å². The number of ether oxygens (including phenoxy) is 1. The predicted octanol–water partition coefficient (Wildman–Crippen LogP) is -6.34. The minimum atomic E-state index is -5.77.